The number of nitrogens with zero attached hydrogens (tertiary/aromatic N) is 4. The lowest BCUT2D eigenvalue weighted by Gasteiger charge is -2.23. The second-order valence-electron chi connectivity index (χ2n) is 4.38. The molecule has 2 rings (SSSR count). The fraction of sp³-hybridized carbons (Fsp3) is 0.889. The van der Waals surface area contributed by atoms with Crippen LogP contribution in [-0.2, 0) is 9.84 Å². The normalized spacial score (nSPS) is 22.5. The van der Waals surface area contributed by atoms with Gasteiger partial charge in [-0.2, -0.15) is 0 Å². The standard InChI is InChI=1S/C9H17N5O2S/c1-7(10-2)9-11-12-13-14(9)8-3-5-17(15,16)6-4-8/h7-8,10H,3-6H2,1-2H3. The van der Waals surface area contributed by atoms with Gasteiger partial charge in [0.05, 0.1) is 23.6 Å². The van der Waals surface area contributed by atoms with E-state index in [-0.39, 0.29) is 23.6 Å². The van der Waals surface area contributed by atoms with Crippen molar-refractivity contribution in [1.29, 1.82) is 0 Å². The summed E-state index contributed by atoms with van der Waals surface area (Å²) in [7, 11) is -1.00. The molecule has 17 heavy (non-hydrogen) atoms. The summed E-state index contributed by atoms with van der Waals surface area (Å²) in [6, 6.07) is 0.155. The molecule has 0 aromatic carbocycles. The van der Waals surface area contributed by atoms with Crippen LogP contribution in [0.4, 0.5) is 0 Å². The van der Waals surface area contributed by atoms with Gasteiger partial charge in [-0.25, -0.2) is 13.1 Å². The smallest absolute Gasteiger partial charge is 0.168 e. The summed E-state index contributed by atoms with van der Waals surface area (Å²) in [5.41, 5.74) is 0. The summed E-state index contributed by atoms with van der Waals surface area (Å²) in [5, 5.41) is 14.7. The Labute approximate surface area is 101 Å². The maximum absolute atomic E-state index is 11.4. The van der Waals surface area contributed by atoms with Gasteiger partial charge < -0.3 is 5.32 Å². The summed E-state index contributed by atoms with van der Waals surface area (Å²) in [4.78, 5) is 0. The molecule has 1 aliphatic heterocycles. The molecular formula is C9H17N5O2S. The third-order valence-corrected chi connectivity index (χ3v) is 4.92. The maximum atomic E-state index is 11.4. The molecule has 0 radical (unpaired) electrons. The van der Waals surface area contributed by atoms with Crippen molar-refractivity contribution in [1.82, 2.24) is 25.5 Å². The molecule has 96 valence electrons. The molecule has 8 heteroatoms. The van der Waals surface area contributed by atoms with Crippen LogP contribution in [0.3, 0.4) is 0 Å². The van der Waals surface area contributed by atoms with E-state index < -0.39 is 9.84 Å². The highest BCUT2D eigenvalue weighted by molar-refractivity contribution is 7.91. The van der Waals surface area contributed by atoms with Crippen LogP contribution < -0.4 is 5.32 Å². The average Bonchev–Trinajstić information content (AvgIpc) is 2.77. The number of aromatic nitrogens is 4. The van der Waals surface area contributed by atoms with Crippen molar-refractivity contribution in [2.45, 2.75) is 31.8 Å². The van der Waals surface area contributed by atoms with Crippen LogP contribution in [0.5, 0.6) is 0 Å². The molecule has 7 nitrogen and oxygen atoms in total. The van der Waals surface area contributed by atoms with E-state index in [1.807, 2.05) is 14.0 Å². The van der Waals surface area contributed by atoms with Gasteiger partial charge in [0.15, 0.2) is 5.82 Å². The lowest BCUT2D eigenvalue weighted by atomic mass is 10.1. The summed E-state index contributed by atoms with van der Waals surface area (Å²) < 4.78 is 24.5. The molecule has 1 aromatic heterocycles. The molecule has 1 N–H and O–H groups in total. The van der Waals surface area contributed by atoms with Gasteiger partial charge in [-0.15, -0.1) is 5.10 Å². The number of tetrazole rings is 1. The second-order valence-corrected chi connectivity index (χ2v) is 6.68. The number of hydrogen-bond acceptors (Lipinski definition) is 6. The van der Waals surface area contributed by atoms with E-state index in [2.05, 4.69) is 20.8 Å². The minimum absolute atomic E-state index is 0.0588. The first-order chi connectivity index (χ1) is 8.03. The molecule has 1 aliphatic rings. The lowest BCUT2D eigenvalue weighted by molar-refractivity contribution is 0.380. The molecule has 1 unspecified atom stereocenters. The van der Waals surface area contributed by atoms with Crippen LogP contribution in [0.1, 0.15) is 37.7 Å². The summed E-state index contributed by atoms with van der Waals surface area (Å²) in [6.07, 6.45) is 1.19. The fourth-order valence-corrected chi connectivity index (χ4v) is 3.46. The first kappa shape index (κ1) is 12.4. The van der Waals surface area contributed by atoms with E-state index in [0.29, 0.717) is 12.8 Å². The summed E-state index contributed by atoms with van der Waals surface area (Å²) >= 11 is 0. The van der Waals surface area contributed by atoms with Gasteiger partial charge in [0.1, 0.15) is 9.84 Å². The van der Waals surface area contributed by atoms with Crippen molar-refractivity contribution in [3.05, 3.63) is 5.82 Å². The quantitative estimate of drug-likeness (QED) is 0.802. The fourth-order valence-electron chi connectivity index (χ4n) is 2.00. The Hall–Kier alpha value is -1.02. The summed E-state index contributed by atoms with van der Waals surface area (Å²) in [5.74, 6) is 1.22. The lowest BCUT2D eigenvalue weighted by Crippen LogP contribution is -2.29. The van der Waals surface area contributed by atoms with Crippen LogP contribution in [0.15, 0.2) is 0 Å². The van der Waals surface area contributed by atoms with Crippen molar-refractivity contribution >= 4 is 9.84 Å². The zero-order valence-electron chi connectivity index (χ0n) is 10.00. The van der Waals surface area contributed by atoms with Crippen LogP contribution in [0.25, 0.3) is 0 Å². The molecule has 1 aromatic rings. The minimum atomic E-state index is -2.84. The highest BCUT2D eigenvalue weighted by atomic mass is 32.2. The number of hydrogen-bond donors (Lipinski definition) is 1. The molecule has 2 heterocycles. The van der Waals surface area contributed by atoms with Gasteiger partial charge in [-0.3, -0.25) is 0 Å². The number of sulfone groups is 1. The zero-order chi connectivity index (χ0) is 12.5. The van der Waals surface area contributed by atoms with Gasteiger partial charge >= 0.3 is 0 Å². The molecule has 1 fully saturated rings. The van der Waals surface area contributed by atoms with Gasteiger partial charge in [0.2, 0.25) is 0 Å². The van der Waals surface area contributed by atoms with Crippen molar-refractivity contribution in [3.63, 3.8) is 0 Å². The van der Waals surface area contributed by atoms with Crippen molar-refractivity contribution in [3.8, 4) is 0 Å². The second kappa shape index (κ2) is 4.69. The van der Waals surface area contributed by atoms with E-state index in [9.17, 15) is 8.42 Å². The molecule has 0 saturated carbocycles. The monoisotopic (exact) mass is 259 g/mol. The molecule has 1 atom stereocenters. The molecule has 0 spiro atoms. The number of rotatable bonds is 3. The molecule has 1 saturated heterocycles. The predicted molar refractivity (Wildman–Crippen MR) is 62.2 cm³/mol. The predicted octanol–water partition coefficient (Wildman–Crippen LogP) is -0.297. The van der Waals surface area contributed by atoms with Crippen LogP contribution >= 0.6 is 0 Å². The third-order valence-electron chi connectivity index (χ3n) is 3.21. The van der Waals surface area contributed by atoms with Crippen molar-refractivity contribution < 1.29 is 8.42 Å². The molecule has 0 bridgehead atoms. The van der Waals surface area contributed by atoms with E-state index in [1.54, 1.807) is 4.68 Å². The Kier molecular flexibility index (Phi) is 3.43. The van der Waals surface area contributed by atoms with E-state index in [0.717, 1.165) is 5.82 Å². The molecule has 0 amide bonds. The molecule has 0 aliphatic carbocycles. The average molecular weight is 259 g/mol. The van der Waals surface area contributed by atoms with E-state index >= 15 is 0 Å². The van der Waals surface area contributed by atoms with Crippen LogP contribution in [0.2, 0.25) is 0 Å². The topological polar surface area (TPSA) is 89.8 Å². The maximum Gasteiger partial charge on any atom is 0.168 e. The number of nitrogens with one attached hydrogen (secondary N) is 1. The zero-order valence-corrected chi connectivity index (χ0v) is 10.8. The van der Waals surface area contributed by atoms with Crippen LogP contribution in [-0.4, -0.2) is 47.2 Å². The van der Waals surface area contributed by atoms with Crippen molar-refractivity contribution in [2.75, 3.05) is 18.6 Å². The first-order valence-electron chi connectivity index (χ1n) is 5.69. The van der Waals surface area contributed by atoms with Gasteiger partial charge in [0.25, 0.3) is 0 Å². The van der Waals surface area contributed by atoms with Crippen LogP contribution in [0, 0.1) is 0 Å². The minimum Gasteiger partial charge on any atom is -0.311 e. The Morgan fingerprint density at radius 2 is 2.06 bits per heavy atom. The van der Waals surface area contributed by atoms with Crippen molar-refractivity contribution in [2.24, 2.45) is 0 Å². The Bertz CT molecular complexity index is 469. The highest BCUT2D eigenvalue weighted by Crippen LogP contribution is 2.25. The SMILES string of the molecule is CNC(C)c1nnnn1C1CCS(=O)(=O)CC1. The summed E-state index contributed by atoms with van der Waals surface area (Å²) in [6.45, 7) is 1.97. The van der Waals surface area contributed by atoms with Gasteiger partial charge in [-0.05, 0) is 37.2 Å². The van der Waals surface area contributed by atoms with E-state index in [1.165, 1.54) is 0 Å². The van der Waals surface area contributed by atoms with Gasteiger partial charge in [-0.1, -0.05) is 0 Å². The highest BCUT2D eigenvalue weighted by Gasteiger charge is 2.28. The third kappa shape index (κ3) is 2.63. The molecular weight excluding hydrogens is 242 g/mol. The van der Waals surface area contributed by atoms with Gasteiger partial charge in [0, 0.05) is 0 Å². The Morgan fingerprint density at radius 1 is 1.41 bits per heavy atom. The first-order valence-corrected chi connectivity index (χ1v) is 7.51. The van der Waals surface area contributed by atoms with E-state index in [4.69, 9.17) is 0 Å². The Balaban J connectivity index is 2.16. The Morgan fingerprint density at radius 3 is 2.65 bits per heavy atom. The largest absolute Gasteiger partial charge is 0.311 e.